The van der Waals surface area contributed by atoms with Crippen LogP contribution in [0.15, 0.2) is 60.8 Å². The third-order valence-electron chi connectivity index (χ3n) is 17.1. The summed E-state index contributed by atoms with van der Waals surface area (Å²) in [5.41, 5.74) is 3.98. The number of piperazine rings is 1. The maximum atomic E-state index is 17.1. The van der Waals surface area contributed by atoms with Gasteiger partial charge in [-0.25, -0.2) is 8.78 Å². The van der Waals surface area contributed by atoms with Crippen LogP contribution in [0.3, 0.4) is 0 Å². The van der Waals surface area contributed by atoms with E-state index in [4.69, 9.17) is 14.7 Å². The lowest BCUT2D eigenvalue weighted by atomic mass is 9.57. The standard InChI is InChI=1S/C56H63F2N9O5/c1-2-40-44(57)10-7-36-26-39(68)27-42(47(36)40)49-48(58)50-43(30-59-49)51(66-17-5-3-4-6-18-66)62-54(61-50)72-34-56(13-14-56)33-64-19-15-55(16-20-64)28-35(29-55)31-63-21-23-65(24-22-63)38-8-9-41-37(25-38)32-67(53(41)71)45-11-12-46(69)60-52(45)70/h3-4,7-10,25-27,30,35,45,68H,2,5-6,11-24,28-29,31-34H2,1H3,(H,60,69,70)/t45-/m0/s1. The number of aromatic nitrogens is 3. The highest BCUT2D eigenvalue weighted by Crippen LogP contribution is 2.54. The first-order valence-electron chi connectivity index (χ1n) is 26.3. The minimum absolute atomic E-state index is 0.00375. The van der Waals surface area contributed by atoms with E-state index in [-0.39, 0.29) is 58.3 Å². The molecule has 376 valence electrons. The van der Waals surface area contributed by atoms with Gasteiger partial charge in [0.15, 0.2) is 5.82 Å². The average Bonchev–Trinajstić information content (AvgIpc) is 4.13. The Balaban J connectivity index is 0.654. The third-order valence-corrected chi connectivity index (χ3v) is 17.1. The second-order valence-electron chi connectivity index (χ2n) is 21.9. The van der Waals surface area contributed by atoms with Gasteiger partial charge in [-0.15, -0.1) is 0 Å². The van der Waals surface area contributed by atoms with E-state index in [0.717, 1.165) is 95.2 Å². The lowest BCUT2D eigenvalue weighted by Crippen LogP contribution is -2.53. The van der Waals surface area contributed by atoms with Crippen LogP contribution in [0.25, 0.3) is 32.9 Å². The number of benzene rings is 3. The Morgan fingerprint density at radius 1 is 0.847 bits per heavy atom. The molecule has 2 aromatic heterocycles. The number of hydrogen-bond acceptors (Lipinski definition) is 12. The van der Waals surface area contributed by atoms with Crippen molar-refractivity contribution in [2.75, 3.05) is 81.9 Å². The van der Waals surface area contributed by atoms with Gasteiger partial charge in [0.2, 0.25) is 11.8 Å². The molecule has 3 aromatic carbocycles. The quantitative estimate of drug-likeness (QED) is 0.0930. The zero-order valence-corrected chi connectivity index (χ0v) is 41.1. The second-order valence-corrected chi connectivity index (χ2v) is 21.9. The number of likely N-dealkylation sites (tertiary alicyclic amines) is 1. The van der Waals surface area contributed by atoms with E-state index < -0.39 is 11.9 Å². The smallest absolute Gasteiger partial charge is 0.319 e. The van der Waals surface area contributed by atoms with Gasteiger partial charge in [0, 0.05) is 93.7 Å². The molecule has 5 aliphatic heterocycles. The van der Waals surface area contributed by atoms with Crippen LogP contribution >= 0.6 is 0 Å². The van der Waals surface area contributed by atoms with Gasteiger partial charge in [-0.3, -0.25) is 29.6 Å². The minimum atomic E-state index is -0.661. The number of piperidine rings is 2. The topological polar surface area (TPSA) is 148 Å². The van der Waals surface area contributed by atoms with Crippen LogP contribution in [0.2, 0.25) is 0 Å². The van der Waals surface area contributed by atoms with Crippen molar-refractivity contribution in [3.8, 4) is 23.0 Å². The number of ether oxygens (including phenoxy) is 1. The molecular formula is C56H63F2N9O5. The van der Waals surface area contributed by atoms with E-state index in [2.05, 4.69) is 48.1 Å². The number of carbonyl (C=O) groups is 3. The van der Waals surface area contributed by atoms with Gasteiger partial charge >= 0.3 is 6.01 Å². The van der Waals surface area contributed by atoms with E-state index >= 15 is 8.78 Å². The van der Waals surface area contributed by atoms with Crippen molar-refractivity contribution >= 4 is 50.9 Å². The van der Waals surface area contributed by atoms with Crippen LogP contribution in [0.4, 0.5) is 20.3 Å². The third kappa shape index (κ3) is 8.81. The number of carbonyl (C=O) groups excluding carboxylic acids is 3. The molecule has 3 saturated heterocycles. The molecule has 3 amide bonds. The van der Waals surface area contributed by atoms with Gasteiger partial charge in [0.1, 0.15) is 34.6 Å². The van der Waals surface area contributed by atoms with E-state index in [0.29, 0.717) is 83.2 Å². The molecule has 7 heterocycles. The van der Waals surface area contributed by atoms with Crippen LogP contribution in [-0.4, -0.2) is 131 Å². The number of imide groups is 1. The van der Waals surface area contributed by atoms with Crippen molar-refractivity contribution in [3.05, 3.63) is 89.1 Å². The maximum absolute atomic E-state index is 17.1. The number of nitrogens with one attached hydrogen (secondary N) is 1. The largest absolute Gasteiger partial charge is 0.508 e. The first-order valence-corrected chi connectivity index (χ1v) is 26.3. The Bertz CT molecular complexity index is 3000. The lowest BCUT2D eigenvalue weighted by Gasteiger charge is -2.54. The normalized spacial score (nSPS) is 22.4. The molecule has 5 aromatic rings. The maximum Gasteiger partial charge on any atom is 0.319 e. The predicted octanol–water partition coefficient (Wildman–Crippen LogP) is 7.78. The number of rotatable bonds is 12. The molecule has 0 bridgehead atoms. The number of anilines is 2. The summed E-state index contributed by atoms with van der Waals surface area (Å²) in [7, 11) is 0. The number of pyridine rings is 1. The monoisotopic (exact) mass is 979 g/mol. The second kappa shape index (κ2) is 18.7. The molecule has 1 spiro atoms. The Morgan fingerprint density at radius 3 is 2.36 bits per heavy atom. The molecule has 7 aliphatic rings. The fourth-order valence-electron chi connectivity index (χ4n) is 13.0. The number of halogens is 2. The number of aryl methyl sites for hydroxylation is 1. The SMILES string of the molecule is CCc1c(F)ccc2cc(O)cc(-c3ncc4c(N5CCC=CCC5)nc(OCC5(CN6CCC7(CC6)CC(CN6CCN(c8ccc9c(c8)CN([C@H]8CCC(=O)NC8=O)C9=O)CC6)C7)CC5)nc4c3F)c12. The number of fused-ring (bicyclic) bond motifs is 3. The van der Waals surface area contributed by atoms with Gasteiger partial charge in [-0.1, -0.05) is 25.1 Å². The summed E-state index contributed by atoms with van der Waals surface area (Å²) in [5.74, 6) is -0.599. The lowest BCUT2D eigenvalue weighted by molar-refractivity contribution is -0.136. The Hall–Kier alpha value is -6.26. The molecule has 0 unspecified atom stereocenters. The summed E-state index contributed by atoms with van der Waals surface area (Å²) in [5, 5.41) is 14.7. The van der Waals surface area contributed by atoms with Crippen molar-refractivity contribution in [1.82, 2.24) is 35.0 Å². The molecule has 0 radical (unpaired) electrons. The number of phenolic OH excluding ortho intramolecular Hbond substituents is 1. The van der Waals surface area contributed by atoms with Gasteiger partial charge in [-0.05, 0) is 147 Å². The minimum Gasteiger partial charge on any atom is -0.508 e. The highest BCUT2D eigenvalue weighted by molar-refractivity contribution is 6.06. The number of nitrogens with zero attached hydrogens (tertiary/aromatic N) is 8. The number of phenols is 1. The fourth-order valence-corrected chi connectivity index (χ4v) is 13.0. The molecule has 2 aliphatic carbocycles. The van der Waals surface area contributed by atoms with Gasteiger partial charge in [-0.2, -0.15) is 9.97 Å². The molecule has 72 heavy (non-hydrogen) atoms. The molecule has 2 N–H and O–H groups in total. The van der Waals surface area contributed by atoms with Gasteiger partial charge < -0.3 is 29.4 Å². The Kier molecular flexibility index (Phi) is 12.1. The Labute approximate surface area is 418 Å². The molecule has 2 saturated carbocycles. The first kappa shape index (κ1) is 46.8. The van der Waals surface area contributed by atoms with E-state index in [1.165, 1.54) is 37.8 Å². The summed E-state index contributed by atoms with van der Waals surface area (Å²) in [4.78, 5) is 63.2. The van der Waals surface area contributed by atoms with E-state index in [1.807, 2.05) is 19.1 Å². The van der Waals surface area contributed by atoms with Crippen LogP contribution in [0.1, 0.15) is 92.6 Å². The van der Waals surface area contributed by atoms with Crippen LogP contribution < -0.4 is 19.9 Å². The number of hydrogen-bond donors (Lipinski definition) is 2. The summed E-state index contributed by atoms with van der Waals surface area (Å²) in [6.07, 6.45) is 15.7. The summed E-state index contributed by atoms with van der Waals surface area (Å²) < 4.78 is 38.8. The van der Waals surface area contributed by atoms with Crippen molar-refractivity contribution in [2.45, 2.75) is 90.1 Å². The summed E-state index contributed by atoms with van der Waals surface area (Å²) >= 11 is 0. The number of amides is 3. The van der Waals surface area contributed by atoms with E-state index in [1.54, 1.807) is 23.2 Å². The van der Waals surface area contributed by atoms with Crippen molar-refractivity contribution in [1.29, 1.82) is 0 Å². The van der Waals surface area contributed by atoms with Gasteiger partial charge in [0.05, 0.1) is 12.0 Å². The highest BCUT2D eigenvalue weighted by Gasteiger charge is 2.50. The zero-order valence-electron chi connectivity index (χ0n) is 41.1. The van der Waals surface area contributed by atoms with Crippen molar-refractivity contribution in [2.24, 2.45) is 16.7 Å². The van der Waals surface area contributed by atoms with Crippen molar-refractivity contribution < 1.29 is 33.0 Å². The van der Waals surface area contributed by atoms with Crippen LogP contribution in [-0.2, 0) is 22.6 Å². The van der Waals surface area contributed by atoms with Crippen LogP contribution in [0.5, 0.6) is 11.8 Å². The first-order chi connectivity index (χ1) is 34.9. The molecule has 1 atom stereocenters. The molecular weight excluding hydrogens is 917 g/mol. The summed E-state index contributed by atoms with van der Waals surface area (Å²) in [6, 6.07) is 11.6. The predicted molar refractivity (Wildman–Crippen MR) is 271 cm³/mol. The van der Waals surface area contributed by atoms with Gasteiger partial charge in [0.25, 0.3) is 5.91 Å². The van der Waals surface area contributed by atoms with Crippen molar-refractivity contribution in [3.63, 3.8) is 0 Å². The Morgan fingerprint density at radius 2 is 1.62 bits per heavy atom. The summed E-state index contributed by atoms with van der Waals surface area (Å²) in [6.45, 7) is 12.3. The molecule has 14 nitrogen and oxygen atoms in total. The molecule has 12 rings (SSSR count). The van der Waals surface area contributed by atoms with Crippen LogP contribution in [0, 0.1) is 28.4 Å². The fraction of sp³-hybridized carbons (Fsp3) is 0.500. The highest BCUT2D eigenvalue weighted by atomic mass is 19.1. The molecule has 5 fully saturated rings. The zero-order chi connectivity index (χ0) is 49.3. The van der Waals surface area contributed by atoms with E-state index in [9.17, 15) is 19.5 Å². The molecule has 16 heteroatoms. The number of aromatic hydroxyl groups is 1. The average molecular weight is 980 g/mol.